The van der Waals surface area contributed by atoms with Gasteiger partial charge < -0.3 is 61.3 Å². The molecule has 0 radical (unpaired) electrons. The van der Waals surface area contributed by atoms with Crippen molar-refractivity contribution >= 4 is 104 Å². The van der Waals surface area contributed by atoms with Crippen LogP contribution in [0.3, 0.4) is 0 Å². The third kappa shape index (κ3) is 25.8. The van der Waals surface area contributed by atoms with Crippen LogP contribution in [0.25, 0.3) is 32.3 Å². The number of carbonyl (C=O) groups is 12. The molecule has 0 saturated carbocycles. The van der Waals surface area contributed by atoms with E-state index >= 15 is 0 Å². The van der Waals surface area contributed by atoms with Crippen LogP contribution in [0.2, 0.25) is 0 Å². The summed E-state index contributed by atoms with van der Waals surface area (Å²) < 4.78 is 0. The van der Waals surface area contributed by atoms with E-state index in [2.05, 4.69) is 0 Å². The van der Waals surface area contributed by atoms with Crippen LogP contribution >= 0.6 is 0 Å². The average molecular weight is 1310 g/mol. The van der Waals surface area contributed by atoms with Gasteiger partial charge in [-0.05, 0) is 168 Å². The number of aryl methyl sites for hydroxylation is 4. The first-order valence-electron chi connectivity index (χ1n) is 30.7. The number of hydrogen-bond donors (Lipinski definition) is 12. The molecule has 0 fully saturated rings. The van der Waals surface area contributed by atoms with Crippen LogP contribution in [0.15, 0.2) is 109 Å². The van der Waals surface area contributed by atoms with Crippen molar-refractivity contribution in [3.63, 3.8) is 0 Å². The Balaban J connectivity index is 0.000000302. The molecule has 6 unspecified atom stereocenters. The highest BCUT2D eigenvalue weighted by Crippen LogP contribution is 2.32. The van der Waals surface area contributed by atoms with Gasteiger partial charge in [-0.15, -0.1) is 0 Å². The summed E-state index contributed by atoms with van der Waals surface area (Å²) in [6.45, 7) is 0. The van der Waals surface area contributed by atoms with E-state index in [1.54, 1.807) is 36.4 Å². The van der Waals surface area contributed by atoms with Crippen molar-refractivity contribution in [2.75, 3.05) is 0 Å². The topological polar surface area (TPSA) is 448 Å². The second kappa shape index (κ2) is 38.6. The number of fused-ring (bicyclic) bond motifs is 3. The van der Waals surface area contributed by atoms with E-state index in [1.165, 1.54) is 0 Å². The molecule has 6 atom stereocenters. The quantitative estimate of drug-likeness (QED) is 0.0170. The van der Waals surface area contributed by atoms with Gasteiger partial charge in [0.25, 0.3) is 0 Å². The highest BCUT2D eigenvalue weighted by atomic mass is 16.4. The average Bonchev–Trinajstić information content (AvgIpc) is 0.820. The minimum Gasteiger partial charge on any atom is -0.481 e. The van der Waals surface area contributed by atoms with Crippen LogP contribution in [0, 0.1) is 35.5 Å². The fraction of sp³-hybridized carbons (Fsp3) is 0.400. The van der Waals surface area contributed by atoms with Crippen LogP contribution in [-0.4, -0.2) is 133 Å². The van der Waals surface area contributed by atoms with Crippen molar-refractivity contribution in [1.82, 2.24) is 0 Å². The Morgan fingerprint density at radius 1 is 0.234 bits per heavy atom. The molecule has 12 N–H and O–H groups in total. The number of rotatable bonds is 40. The number of benzene rings is 6. The molecule has 504 valence electrons. The van der Waals surface area contributed by atoms with Crippen LogP contribution in [0.5, 0.6) is 0 Å². The number of hydrogen-bond acceptors (Lipinski definition) is 12. The van der Waals surface area contributed by atoms with E-state index in [1.807, 2.05) is 72.8 Å². The zero-order valence-electron chi connectivity index (χ0n) is 51.7. The molecule has 0 bridgehead atoms. The van der Waals surface area contributed by atoms with Gasteiger partial charge in [0, 0.05) is 12.8 Å². The summed E-state index contributed by atoms with van der Waals surface area (Å²) in [5, 5.41) is 114. The zero-order chi connectivity index (χ0) is 69.6. The number of carboxylic acids is 12. The van der Waals surface area contributed by atoms with Gasteiger partial charge in [0.05, 0.1) is 61.2 Å². The minimum absolute atomic E-state index is 0.0138. The predicted molar refractivity (Wildman–Crippen MR) is 341 cm³/mol. The molecule has 0 aromatic heterocycles. The lowest BCUT2D eigenvalue weighted by molar-refractivity contribution is -0.148. The smallest absolute Gasteiger partial charge is 0.307 e. The third-order valence-corrected chi connectivity index (χ3v) is 16.4. The molecule has 0 heterocycles. The first-order chi connectivity index (χ1) is 44.6. The maximum atomic E-state index is 11.4. The van der Waals surface area contributed by atoms with E-state index in [0.29, 0.717) is 86.1 Å². The largest absolute Gasteiger partial charge is 0.481 e. The Hall–Kier alpha value is -10.3. The number of aliphatic carboxylic acids is 12. The van der Waals surface area contributed by atoms with Crippen molar-refractivity contribution in [3.8, 4) is 0 Å². The molecule has 6 aromatic rings. The summed E-state index contributed by atoms with van der Waals surface area (Å²) in [5.41, 5.74) is 5.53. The minimum atomic E-state index is -1.21. The highest BCUT2D eigenvalue weighted by Gasteiger charge is 2.27. The molecule has 6 aromatic carbocycles. The van der Waals surface area contributed by atoms with Crippen LogP contribution in [-0.2, 0) is 96.1 Å². The van der Waals surface area contributed by atoms with Gasteiger partial charge in [-0.2, -0.15) is 0 Å². The van der Waals surface area contributed by atoms with Crippen molar-refractivity contribution in [2.45, 2.75) is 141 Å². The molecule has 24 nitrogen and oxygen atoms in total. The molecule has 0 aliphatic heterocycles. The molecule has 0 saturated heterocycles. The van der Waals surface area contributed by atoms with Crippen molar-refractivity contribution in [1.29, 1.82) is 0 Å². The highest BCUT2D eigenvalue weighted by molar-refractivity contribution is 5.92. The molecule has 0 aliphatic carbocycles. The maximum absolute atomic E-state index is 11.4. The lowest BCUT2D eigenvalue weighted by Crippen LogP contribution is -2.21. The van der Waals surface area contributed by atoms with Crippen molar-refractivity contribution in [2.24, 2.45) is 35.5 Å². The lowest BCUT2D eigenvalue weighted by atomic mass is 9.88. The molecular weight excluding hydrogens is 1220 g/mol. The summed E-state index contributed by atoms with van der Waals surface area (Å²) in [6.07, 6.45) is 4.43. The fourth-order valence-corrected chi connectivity index (χ4v) is 11.5. The summed E-state index contributed by atoms with van der Waals surface area (Å²) in [6, 6.07) is 33.9. The van der Waals surface area contributed by atoms with E-state index < -0.39 is 133 Å². The van der Waals surface area contributed by atoms with Gasteiger partial charge >= 0.3 is 71.6 Å². The van der Waals surface area contributed by atoms with Gasteiger partial charge in [-0.3, -0.25) is 57.5 Å². The van der Waals surface area contributed by atoms with E-state index in [9.17, 15) is 88.2 Å². The third-order valence-electron chi connectivity index (χ3n) is 16.4. The normalized spacial score (nSPS) is 12.9. The van der Waals surface area contributed by atoms with E-state index in [4.69, 9.17) is 30.6 Å². The van der Waals surface area contributed by atoms with Gasteiger partial charge in [-0.1, -0.05) is 109 Å². The van der Waals surface area contributed by atoms with Gasteiger partial charge in [0.15, 0.2) is 0 Å². The monoisotopic (exact) mass is 1300 g/mol. The summed E-state index contributed by atoms with van der Waals surface area (Å²) in [5.74, 6) is -18.6. The molecule has 0 amide bonds. The molecule has 24 heteroatoms. The van der Waals surface area contributed by atoms with Crippen molar-refractivity contribution < 1.29 is 119 Å². The van der Waals surface area contributed by atoms with Crippen LogP contribution in [0.1, 0.15) is 136 Å². The molecular formula is C70H80O24. The molecule has 0 aliphatic rings. The van der Waals surface area contributed by atoms with Crippen LogP contribution in [0.4, 0.5) is 0 Å². The maximum Gasteiger partial charge on any atom is 0.307 e. The molecule has 94 heavy (non-hydrogen) atoms. The van der Waals surface area contributed by atoms with E-state index in [0.717, 1.165) is 43.8 Å². The summed E-state index contributed by atoms with van der Waals surface area (Å²) in [7, 11) is 0. The summed E-state index contributed by atoms with van der Waals surface area (Å²) >= 11 is 0. The Labute approximate surface area is 540 Å². The van der Waals surface area contributed by atoms with Gasteiger partial charge in [-0.25, -0.2) is 0 Å². The van der Waals surface area contributed by atoms with E-state index in [-0.39, 0.29) is 51.4 Å². The second-order valence-electron chi connectivity index (χ2n) is 23.2. The lowest BCUT2D eigenvalue weighted by Gasteiger charge is -2.16. The Bertz CT molecular complexity index is 3430. The van der Waals surface area contributed by atoms with Crippen LogP contribution < -0.4 is 0 Å². The molecule has 6 rings (SSSR count). The fourth-order valence-electron chi connectivity index (χ4n) is 11.5. The molecule has 0 spiro atoms. The Morgan fingerprint density at radius 3 is 0.649 bits per heavy atom. The Morgan fingerprint density at radius 2 is 0.436 bits per heavy atom. The first-order valence-corrected chi connectivity index (χ1v) is 30.7. The van der Waals surface area contributed by atoms with Gasteiger partial charge in [0.1, 0.15) is 0 Å². The van der Waals surface area contributed by atoms with Gasteiger partial charge in [0.2, 0.25) is 0 Å². The second-order valence-corrected chi connectivity index (χ2v) is 23.2. The number of carboxylic acid groups (broad SMARTS) is 12. The summed E-state index contributed by atoms with van der Waals surface area (Å²) in [4.78, 5) is 133. The predicted octanol–water partition coefficient (Wildman–Crippen LogP) is 10.7. The standard InChI is InChI=1S/C26H32O8.C24H28O8.C20H20O8/c27-23(28)15-13-19(25(31)32)7-3-5-17-11-12-18(22-10-2-1-9-21(17)22)6-4-8-20(26(33)34)14-16-24(29)30;25-21(26)13-17(23(29)30)7-3-5-15-11-12-16(20-10-2-1-9-19(15)20)6-4-8-18(24(31)32)14-22(27)28;21-17(22)9-13(19(25)26)7-11-5-6-12(16-4-2-1-3-15(11)16)8-14(20(27)28)10-18(23)24/h1-2,9-12,19-20H,3-8,13-16H2,(H,27,28)(H,29,30)(H,31,32)(H,33,34);1-2,9-12,17-18H,3-8,13-14H2,(H,25,26)(H,27,28)(H,29,30)(H,31,32);1-6,13-14H,7-10H2,(H,21,22)(H,23,24)(H,25,26)(H,27,28). The Kier molecular flexibility index (Phi) is 31.3. The van der Waals surface area contributed by atoms with Crippen molar-refractivity contribution in [3.05, 3.63) is 143 Å². The first kappa shape index (κ1) is 76.2. The SMILES string of the molecule is O=C(O)CC(CCCc1ccc(CCCC(CC(=O)O)C(=O)O)c2ccccc12)C(=O)O.O=C(O)CC(Cc1ccc(CC(CC(=O)O)C(=O)O)c2ccccc12)C(=O)O.O=C(O)CCC(CCCc1ccc(CCCC(CCC(=O)O)C(=O)O)c2ccccc12)C(=O)O. The zero-order valence-corrected chi connectivity index (χ0v) is 51.7.